The highest BCUT2D eigenvalue weighted by Crippen LogP contribution is 2.41. The van der Waals surface area contributed by atoms with E-state index < -0.39 is 0 Å². The Balaban J connectivity index is 1.77. The Morgan fingerprint density at radius 3 is 2.05 bits per heavy atom. The topological polar surface area (TPSA) is 17.1 Å². The molecular weight excluding hydrogens is 244 g/mol. The molecule has 0 aliphatic heterocycles. The van der Waals surface area contributed by atoms with Gasteiger partial charge in [-0.25, -0.2) is 0 Å². The maximum atomic E-state index is 10.4. The third-order valence-electron chi connectivity index (χ3n) is 5.71. The second kappa shape index (κ2) is 7.81. The molecule has 0 aromatic rings. The molecule has 0 heterocycles. The Morgan fingerprint density at radius 1 is 1.00 bits per heavy atom. The van der Waals surface area contributed by atoms with Crippen LogP contribution in [0.4, 0.5) is 0 Å². The van der Waals surface area contributed by atoms with Crippen molar-refractivity contribution in [2.75, 3.05) is 0 Å². The summed E-state index contributed by atoms with van der Waals surface area (Å²) < 4.78 is 0. The first-order valence-electron chi connectivity index (χ1n) is 8.55. The number of hydrogen-bond donors (Lipinski definition) is 0. The molecule has 2 aliphatic carbocycles. The molecule has 20 heavy (non-hydrogen) atoms. The molecule has 2 aliphatic rings. The van der Waals surface area contributed by atoms with E-state index in [1.54, 1.807) is 11.6 Å². The van der Waals surface area contributed by atoms with Gasteiger partial charge in [0.2, 0.25) is 0 Å². The van der Waals surface area contributed by atoms with E-state index in [1.807, 2.05) is 0 Å². The van der Waals surface area contributed by atoms with Crippen LogP contribution in [0.3, 0.4) is 0 Å². The first-order valence-corrected chi connectivity index (χ1v) is 8.55. The largest absolute Gasteiger partial charge is 0.299 e. The Hall–Kier alpha value is -0.850. The lowest BCUT2D eigenvalue weighted by atomic mass is 9.70. The van der Waals surface area contributed by atoms with Gasteiger partial charge in [-0.3, -0.25) is 4.79 Å². The summed E-state index contributed by atoms with van der Waals surface area (Å²) in [7, 11) is 0. The van der Waals surface area contributed by atoms with Crippen LogP contribution in [-0.2, 0) is 4.79 Å². The molecule has 2 fully saturated rings. The first-order chi connectivity index (χ1) is 9.74. The van der Waals surface area contributed by atoms with Crippen LogP contribution < -0.4 is 0 Å². The molecule has 1 nitrogen and oxygen atoms in total. The van der Waals surface area contributed by atoms with Gasteiger partial charge in [0.05, 0.1) is 0 Å². The highest BCUT2D eigenvalue weighted by Gasteiger charge is 2.28. The third kappa shape index (κ3) is 4.07. The van der Waals surface area contributed by atoms with Crippen molar-refractivity contribution in [3.05, 3.63) is 24.3 Å². The van der Waals surface area contributed by atoms with Gasteiger partial charge in [-0.05, 0) is 81.1 Å². The summed E-state index contributed by atoms with van der Waals surface area (Å²) in [6, 6.07) is 0. The van der Waals surface area contributed by atoms with Crippen LogP contribution in [0.15, 0.2) is 24.3 Å². The van der Waals surface area contributed by atoms with Crippen molar-refractivity contribution < 1.29 is 4.79 Å². The van der Waals surface area contributed by atoms with E-state index >= 15 is 0 Å². The molecule has 0 saturated heterocycles. The van der Waals surface area contributed by atoms with Crippen molar-refractivity contribution in [3.8, 4) is 0 Å². The molecule has 0 unspecified atom stereocenters. The second-order valence-corrected chi connectivity index (χ2v) is 6.83. The van der Waals surface area contributed by atoms with Gasteiger partial charge in [0, 0.05) is 0 Å². The van der Waals surface area contributed by atoms with Crippen LogP contribution in [-0.4, -0.2) is 6.29 Å². The van der Waals surface area contributed by atoms with Crippen molar-refractivity contribution in [3.63, 3.8) is 0 Å². The lowest BCUT2D eigenvalue weighted by molar-refractivity contribution is -0.104. The Kier molecular flexibility index (Phi) is 6.06. The van der Waals surface area contributed by atoms with Crippen molar-refractivity contribution in [2.45, 2.75) is 64.7 Å². The smallest absolute Gasteiger partial charge is 0.142 e. The molecule has 112 valence electrons. The average Bonchev–Trinajstić information content (AvgIpc) is 2.53. The average molecular weight is 274 g/mol. The number of hydrogen-bond acceptors (Lipinski definition) is 1. The van der Waals surface area contributed by atoms with Crippen molar-refractivity contribution >= 4 is 6.29 Å². The number of rotatable bonds is 5. The molecule has 2 saturated carbocycles. The fraction of sp³-hybridized carbons (Fsp3) is 0.737. The second-order valence-electron chi connectivity index (χ2n) is 6.83. The van der Waals surface area contributed by atoms with Gasteiger partial charge in [-0.2, -0.15) is 0 Å². The third-order valence-corrected chi connectivity index (χ3v) is 5.71. The predicted molar refractivity (Wildman–Crippen MR) is 85.5 cm³/mol. The number of carbonyl (C=O) groups excluding carboxylic acids is 1. The summed E-state index contributed by atoms with van der Waals surface area (Å²) >= 11 is 0. The number of aldehydes is 1. The van der Waals surface area contributed by atoms with Crippen LogP contribution in [0, 0.1) is 23.7 Å². The summed E-state index contributed by atoms with van der Waals surface area (Å²) in [4.78, 5) is 10.4. The highest BCUT2D eigenvalue weighted by molar-refractivity contribution is 5.64. The lowest BCUT2D eigenvalue weighted by Crippen LogP contribution is -2.22. The summed E-state index contributed by atoms with van der Waals surface area (Å²) in [5.41, 5.74) is 1.55. The maximum absolute atomic E-state index is 10.4. The molecule has 0 N–H and O–H groups in total. The quantitative estimate of drug-likeness (QED) is 0.377. The molecule has 0 radical (unpaired) electrons. The number of allylic oxidation sites excluding steroid dienone is 3. The normalized spacial score (nSPS) is 35.0. The van der Waals surface area contributed by atoms with E-state index in [0.29, 0.717) is 5.92 Å². The fourth-order valence-corrected chi connectivity index (χ4v) is 4.16. The first kappa shape index (κ1) is 15.5. The molecule has 0 amide bonds. The van der Waals surface area contributed by atoms with Crippen LogP contribution >= 0.6 is 0 Å². The standard InChI is InChI=1S/C19H30O/c1-3-16-6-10-18(11-7-16)15(2)19-12-8-17(9-13-19)5-4-14-20/h4-5,14,16-19H,2-3,6-13H2,1H3/b5-4+/t16-,17-,18-,19-. The molecular formula is C19H30O. The van der Waals surface area contributed by atoms with Gasteiger partial charge in [0.25, 0.3) is 0 Å². The molecule has 2 rings (SSSR count). The summed E-state index contributed by atoms with van der Waals surface area (Å²) in [6.07, 6.45) is 16.6. The monoisotopic (exact) mass is 274 g/mol. The van der Waals surface area contributed by atoms with E-state index in [0.717, 1.165) is 24.0 Å². The van der Waals surface area contributed by atoms with Gasteiger partial charge in [-0.15, -0.1) is 0 Å². The number of carbonyl (C=O) groups is 1. The van der Waals surface area contributed by atoms with Gasteiger partial charge in [0.1, 0.15) is 6.29 Å². The van der Waals surface area contributed by atoms with Crippen molar-refractivity contribution in [1.82, 2.24) is 0 Å². The van der Waals surface area contributed by atoms with Crippen molar-refractivity contribution in [1.29, 1.82) is 0 Å². The van der Waals surface area contributed by atoms with E-state index in [2.05, 4.69) is 19.6 Å². The lowest BCUT2D eigenvalue weighted by Gasteiger charge is -2.35. The highest BCUT2D eigenvalue weighted by atomic mass is 16.1. The minimum absolute atomic E-state index is 0.625. The zero-order chi connectivity index (χ0) is 14.4. The summed E-state index contributed by atoms with van der Waals surface area (Å²) in [5, 5.41) is 0. The zero-order valence-corrected chi connectivity index (χ0v) is 13.0. The molecule has 0 spiro atoms. The fourth-order valence-electron chi connectivity index (χ4n) is 4.16. The molecule has 0 bridgehead atoms. The minimum Gasteiger partial charge on any atom is -0.299 e. The van der Waals surface area contributed by atoms with Crippen LogP contribution in [0.2, 0.25) is 0 Å². The Labute approximate surface area is 124 Å². The van der Waals surface area contributed by atoms with E-state index in [9.17, 15) is 4.79 Å². The molecule has 0 atom stereocenters. The molecule has 0 aromatic carbocycles. The maximum Gasteiger partial charge on any atom is 0.142 e. The van der Waals surface area contributed by atoms with Gasteiger partial charge in [-0.1, -0.05) is 31.6 Å². The summed E-state index contributed by atoms with van der Waals surface area (Å²) in [5.74, 6) is 3.15. The Bertz CT molecular complexity index is 339. The van der Waals surface area contributed by atoms with Gasteiger partial charge in [0.15, 0.2) is 0 Å². The predicted octanol–water partition coefficient (Wildman–Crippen LogP) is 5.32. The van der Waals surface area contributed by atoms with Crippen LogP contribution in [0.25, 0.3) is 0 Å². The van der Waals surface area contributed by atoms with E-state index in [4.69, 9.17) is 0 Å². The van der Waals surface area contributed by atoms with E-state index in [-0.39, 0.29) is 0 Å². The van der Waals surface area contributed by atoms with Crippen molar-refractivity contribution in [2.24, 2.45) is 23.7 Å². The minimum atomic E-state index is 0.625. The van der Waals surface area contributed by atoms with E-state index in [1.165, 1.54) is 57.8 Å². The van der Waals surface area contributed by atoms with Crippen LogP contribution in [0.5, 0.6) is 0 Å². The summed E-state index contributed by atoms with van der Waals surface area (Å²) in [6.45, 7) is 6.79. The molecule has 1 heteroatoms. The SMILES string of the molecule is C=C([C@H]1CC[C@H](/C=C/C=O)CC1)[C@H]1CC[C@H](CC)CC1. The van der Waals surface area contributed by atoms with Gasteiger partial charge >= 0.3 is 0 Å². The zero-order valence-electron chi connectivity index (χ0n) is 13.0. The molecule has 0 aromatic heterocycles. The van der Waals surface area contributed by atoms with Crippen LogP contribution in [0.1, 0.15) is 64.7 Å². The van der Waals surface area contributed by atoms with Gasteiger partial charge < -0.3 is 0 Å². The Morgan fingerprint density at radius 2 is 1.55 bits per heavy atom.